The van der Waals surface area contributed by atoms with Crippen LogP contribution in [0.4, 0.5) is 0 Å². The molecule has 23 heavy (non-hydrogen) atoms. The molecule has 2 rings (SSSR count). The second-order valence-electron chi connectivity index (χ2n) is 5.12. The lowest BCUT2D eigenvalue weighted by atomic mass is 10.1. The number of nitrogens with zero attached hydrogens (tertiary/aromatic N) is 1. The molecule has 6 heteroatoms. The quantitative estimate of drug-likeness (QED) is 0.653. The van der Waals surface area contributed by atoms with Crippen molar-refractivity contribution < 1.29 is 14.3 Å². The zero-order chi connectivity index (χ0) is 16.8. The molecule has 0 aliphatic heterocycles. The van der Waals surface area contributed by atoms with Crippen molar-refractivity contribution in [1.82, 2.24) is 5.43 Å². The molecule has 0 aliphatic carbocycles. The van der Waals surface area contributed by atoms with Gasteiger partial charge in [-0.25, -0.2) is 10.2 Å². The van der Waals surface area contributed by atoms with Gasteiger partial charge in [0.1, 0.15) is 17.1 Å². The second kappa shape index (κ2) is 7.40. The summed E-state index contributed by atoms with van der Waals surface area (Å²) in [5.41, 5.74) is 2.87. The van der Waals surface area contributed by atoms with Crippen LogP contribution in [0, 0.1) is 6.92 Å². The van der Waals surface area contributed by atoms with Gasteiger partial charge in [-0.05, 0) is 25.8 Å². The first-order valence-electron chi connectivity index (χ1n) is 7.18. The van der Waals surface area contributed by atoms with Gasteiger partial charge in [0.25, 0.3) is 0 Å². The van der Waals surface area contributed by atoms with E-state index >= 15 is 0 Å². The summed E-state index contributed by atoms with van der Waals surface area (Å²) in [5.74, 6) is -0.196. The maximum atomic E-state index is 11.8. The molecule has 1 aromatic heterocycles. The summed E-state index contributed by atoms with van der Waals surface area (Å²) in [7, 11) is 0. The first kappa shape index (κ1) is 16.5. The van der Waals surface area contributed by atoms with Crippen LogP contribution in [0.3, 0.4) is 0 Å². The Kier molecular flexibility index (Phi) is 5.30. The Morgan fingerprint density at radius 3 is 2.65 bits per heavy atom. The van der Waals surface area contributed by atoms with E-state index in [1.54, 1.807) is 6.92 Å². The highest BCUT2D eigenvalue weighted by molar-refractivity contribution is 6.01. The maximum absolute atomic E-state index is 11.8. The fourth-order valence-corrected chi connectivity index (χ4v) is 2.09. The summed E-state index contributed by atoms with van der Waals surface area (Å²) >= 11 is 0. The van der Waals surface area contributed by atoms with E-state index in [0.29, 0.717) is 12.2 Å². The van der Waals surface area contributed by atoms with Gasteiger partial charge in [-0.3, -0.25) is 4.79 Å². The van der Waals surface area contributed by atoms with Gasteiger partial charge in [-0.2, -0.15) is 5.10 Å². The normalized spacial score (nSPS) is 11.3. The predicted octanol–water partition coefficient (Wildman–Crippen LogP) is 2.13. The lowest BCUT2D eigenvalue weighted by Gasteiger charge is -2.04. The van der Waals surface area contributed by atoms with E-state index in [-0.39, 0.29) is 29.4 Å². The summed E-state index contributed by atoms with van der Waals surface area (Å²) in [6.07, 6.45) is 0.869. The smallest absolute Gasteiger partial charge is 0.348 e. The van der Waals surface area contributed by atoms with Crippen LogP contribution in [0.15, 0.2) is 50.7 Å². The first-order chi connectivity index (χ1) is 11.0. The zero-order valence-electron chi connectivity index (χ0n) is 13.0. The van der Waals surface area contributed by atoms with Crippen LogP contribution in [-0.2, 0) is 11.2 Å². The Hall–Kier alpha value is -2.89. The number of aromatic hydroxyl groups is 1. The second-order valence-corrected chi connectivity index (χ2v) is 5.12. The molecule has 0 atom stereocenters. The van der Waals surface area contributed by atoms with Crippen LogP contribution in [0.5, 0.6) is 5.75 Å². The standard InChI is InChI=1S/C17H18N2O4/c1-11-10-14(20)16(17(22)23-11)12(2)18-19-15(21)9-8-13-6-4-3-5-7-13/h3-7,10,20H,8-9H2,1-2H3,(H,19,21)/b18-12+. The van der Waals surface area contributed by atoms with Crippen LogP contribution in [0.2, 0.25) is 0 Å². The van der Waals surface area contributed by atoms with Crippen LogP contribution in [-0.4, -0.2) is 16.7 Å². The van der Waals surface area contributed by atoms with Crippen LogP contribution < -0.4 is 11.1 Å². The largest absolute Gasteiger partial charge is 0.507 e. The van der Waals surface area contributed by atoms with Crippen molar-refractivity contribution in [2.24, 2.45) is 5.10 Å². The Bertz CT molecular complexity index is 779. The van der Waals surface area contributed by atoms with Crippen molar-refractivity contribution in [3.63, 3.8) is 0 Å². The summed E-state index contributed by atoms with van der Waals surface area (Å²) in [4.78, 5) is 23.5. The van der Waals surface area contributed by atoms with Gasteiger partial charge in [-0.15, -0.1) is 0 Å². The van der Waals surface area contributed by atoms with E-state index in [0.717, 1.165) is 5.56 Å². The van der Waals surface area contributed by atoms with Crippen molar-refractivity contribution >= 4 is 11.6 Å². The number of hydrogen-bond donors (Lipinski definition) is 2. The Morgan fingerprint density at radius 1 is 1.30 bits per heavy atom. The first-order valence-corrected chi connectivity index (χ1v) is 7.18. The highest BCUT2D eigenvalue weighted by Crippen LogP contribution is 2.15. The van der Waals surface area contributed by atoms with Gasteiger partial charge in [0.05, 0.1) is 5.71 Å². The molecule has 0 spiro atoms. The predicted molar refractivity (Wildman–Crippen MR) is 86.5 cm³/mol. The van der Waals surface area contributed by atoms with Crippen molar-refractivity contribution in [3.05, 3.63) is 63.7 Å². The minimum absolute atomic E-state index is 0.0565. The number of benzene rings is 1. The van der Waals surface area contributed by atoms with E-state index in [2.05, 4.69) is 10.5 Å². The molecular weight excluding hydrogens is 296 g/mol. The fourth-order valence-electron chi connectivity index (χ4n) is 2.09. The van der Waals surface area contributed by atoms with Crippen LogP contribution >= 0.6 is 0 Å². The minimum Gasteiger partial charge on any atom is -0.507 e. The molecule has 0 saturated carbocycles. The summed E-state index contributed by atoms with van der Waals surface area (Å²) < 4.78 is 4.91. The molecule has 0 radical (unpaired) electrons. The number of carbonyl (C=O) groups is 1. The van der Waals surface area contributed by atoms with Gasteiger partial charge in [0, 0.05) is 12.5 Å². The zero-order valence-corrected chi connectivity index (χ0v) is 13.0. The lowest BCUT2D eigenvalue weighted by Crippen LogP contribution is -2.22. The molecule has 2 aromatic rings. The molecule has 6 nitrogen and oxygen atoms in total. The van der Waals surface area contributed by atoms with Gasteiger partial charge in [0.2, 0.25) is 5.91 Å². The van der Waals surface area contributed by atoms with Gasteiger partial charge in [-0.1, -0.05) is 30.3 Å². The van der Waals surface area contributed by atoms with Gasteiger partial charge in [0.15, 0.2) is 0 Å². The number of amides is 1. The number of hydrazone groups is 1. The molecule has 0 aliphatic rings. The third-order valence-electron chi connectivity index (χ3n) is 3.25. The molecule has 0 unspecified atom stereocenters. The van der Waals surface area contributed by atoms with Gasteiger partial charge < -0.3 is 9.52 Å². The number of nitrogens with one attached hydrogen (secondary N) is 1. The van der Waals surface area contributed by atoms with Gasteiger partial charge >= 0.3 is 5.63 Å². The third kappa shape index (κ3) is 4.54. The highest BCUT2D eigenvalue weighted by Gasteiger charge is 2.13. The molecule has 0 bridgehead atoms. The Balaban J connectivity index is 1.99. The van der Waals surface area contributed by atoms with E-state index < -0.39 is 5.63 Å². The molecule has 1 aromatic carbocycles. The SMILES string of the molecule is C/C(=N\NC(=O)CCc1ccccc1)c1c(O)cc(C)oc1=O. The van der Waals surface area contributed by atoms with Crippen LogP contribution in [0.1, 0.15) is 30.2 Å². The third-order valence-corrected chi connectivity index (χ3v) is 3.25. The number of aryl methyl sites for hydroxylation is 2. The maximum Gasteiger partial charge on any atom is 0.348 e. The van der Waals surface area contributed by atoms with Crippen LogP contribution in [0.25, 0.3) is 0 Å². The number of rotatable bonds is 5. The molecule has 0 fully saturated rings. The van der Waals surface area contributed by atoms with E-state index in [9.17, 15) is 14.7 Å². The monoisotopic (exact) mass is 314 g/mol. The number of carbonyl (C=O) groups excluding carboxylic acids is 1. The topological polar surface area (TPSA) is 91.9 Å². The summed E-state index contributed by atoms with van der Waals surface area (Å²) in [6, 6.07) is 10.9. The number of hydrogen-bond acceptors (Lipinski definition) is 5. The van der Waals surface area contributed by atoms with E-state index in [1.165, 1.54) is 13.0 Å². The molecule has 1 heterocycles. The molecule has 1 amide bonds. The molecule has 0 saturated heterocycles. The van der Waals surface area contributed by atoms with Crippen molar-refractivity contribution in [2.45, 2.75) is 26.7 Å². The minimum atomic E-state index is -0.692. The average Bonchev–Trinajstić information content (AvgIpc) is 2.51. The fraction of sp³-hybridized carbons (Fsp3) is 0.235. The lowest BCUT2D eigenvalue weighted by molar-refractivity contribution is -0.121. The van der Waals surface area contributed by atoms with Crippen molar-refractivity contribution in [1.29, 1.82) is 0 Å². The van der Waals surface area contributed by atoms with Crippen molar-refractivity contribution in [2.75, 3.05) is 0 Å². The van der Waals surface area contributed by atoms with E-state index in [4.69, 9.17) is 4.42 Å². The summed E-state index contributed by atoms with van der Waals surface area (Å²) in [5, 5.41) is 13.7. The molecule has 2 N–H and O–H groups in total. The van der Waals surface area contributed by atoms with Crippen molar-refractivity contribution in [3.8, 4) is 5.75 Å². The van der Waals surface area contributed by atoms with E-state index in [1.807, 2.05) is 30.3 Å². The average molecular weight is 314 g/mol. The Labute approximate surface area is 133 Å². The molecular formula is C17H18N2O4. The molecule has 120 valence electrons. The highest BCUT2D eigenvalue weighted by atomic mass is 16.4. The Morgan fingerprint density at radius 2 is 2.00 bits per heavy atom. The summed E-state index contributed by atoms with van der Waals surface area (Å²) in [6.45, 7) is 3.07.